The highest BCUT2D eigenvalue weighted by Crippen LogP contribution is 2.38. The number of carbonyl (C=O) groups is 1. The lowest BCUT2D eigenvalue weighted by atomic mass is 10.1. The average molecular weight is 205 g/mol. The zero-order valence-corrected chi connectivity index (χ0v) is 6.86. The molecule has 78 valence electrons. The maximum absolute atomic E-state index is 12.8. The van der Waals surface area contributed by atoms with Crippen molar-refractivity contribution >= 4 is 5.97 Å². The predicted octanol–water partition coefficient (Wildman–Crippen LogP) is 0.803. The van der Waals surface area contributed by atoms with Gasteiger partial charge in [-0.15, -0.1) is 0 Å². The number of phenols is 3. The number of aromatic carboxylic acids is 1. The summed E-state index contributed by atoms with van der Waals surface area (Å²) in [6.45, 7) is 0. The highest BCUT2D eigenvalue weighted by molar-refractivity contribution is 5.89. The number of hydrogen-bond donors (Lipinski definition) is 5. The van der Waals surface area contributed by atoms with Crippen molar-refractivity contribution in [2.75, 3.05) is 0 Å². The van der Waals surface area contributed by atoms with E-state index in [9.17, 15) is 9.18 Å². The van der Waals surface area contributed by atoms with Crippen LogP contribution >= 0.6 is 0 Å². The smallest absolute Gasteiger partial charge is 0.338 e. The second kappa shape index (κ2) is 3.79. The zero-order valence-electron chi connectivity index (χ0n) is 6.86. The van der Waals surface area contributed by atoms with E-state index in [1.807, 2.05) is 0 Å². The first-order valence-corrected chi connectivity index (χ1v) is 3.11. The minimum absolute atomic E-state index is 0. The molecule has 0 aromatic heterocycles. The first-order valence-electron chi connectivity index (χ1n) is 3.11. The van der Waals surface area contributed by atoms with Crippen LogP contribution in [0.2, 0.25) is 0 Å². The summed E-state index contributed by atoms with van der Waals surface area (Å²) in [6.07, 6.45) is 0. The summed E-state index contributed by atoms with van der Waals surface area (Å²) in [7, 11) is 0. The molecule has 0 saturated heterocycles. The molecule has 1 aromatic rings. The molecular formula is C7H8FNO5. The predicted molar refractivity (Wildman–Crippen MR) is 43.4 cm³/mol. The van der Waals surface area contributed by atoms with Crippen LogP contribution in [-0.4, -0.2) is 26.4 Å². The van der Waals surface area contributed by atoms with Crippen molar-refractivity contribution in [1.82, 2.24) is 6.15 Å². The summed E-state index contributed by atoms with van der Waals surface area (Å²) < 4.78 is 12.8. The molecule has 0 fully saturated rings. The van der Waals surface area contributed by atoms with E-state index >= 15 is 0 Å². The Hall–Kier alpha value is -2.02. The number of phenolic OH excluding ortho intramolecular Hbond substituents is 3. The van der Waals surface area contributed by atoms with Crippen LogP contribution in [0, 0.1) is 5.82 Å². The molecule has 0 atom stereocenters. The average Bonchev–Trinajstić information content (AvgIpc) is 2.07. The lowest BCUT2D eigenvalue weighted by Crippen LogP contribution is -2.00. The van der Waals surface area contributed by atoms with Gasteiger partial charge in [0.05, 0.1) is 0 Å². The van der Waals surface area contributed by atoms with Crippen molar-refractivity contribution in [1.29, 1.82) is 0 Å². The molecule has 0 bridgehead atoms. The number of rotatable bonds is 1. The maximum atomic E-state index is 12.8. The molecule has 0 aliphatic carbocycles. The largest absolute Gasteiger partial charge is 0.504 e. The van der Waals surface area contributed by atoms with E-state index in [4.69, 9.17) is 20.4 Å². The van der Waals surface area contributed by atoms with E-state index in [2.05, 4.69) is 0 Å². The van der Waals surface area contributed by atoms with Gasteiger partial charge in [-0.1, -0.05) is 0 Å². The Morgan fingerprint density at radius 2 is 1.71 bits per heavy atom. The number of hydrogen-bond acceptors (Lipinski definition) is 5. The van der Waals surface area contributed by atoms with Crippen LogP contribution in [0.1, 0.15) is 10.4 Å². The molecule has 1 rings (SSSR count). The summed E-state index contributed by atoms with van der Waals surface area (Å²) in [5.41, 5.74) is -0.909. The van der Waals surface area contributed by atoms with E-state index in [1.165, 1.54) is 0 Å². The third-order valence-corrected chi connectivity index (χ3v) is 1.42. The molecule has 1 aromatic carbocycles. The topological polar surface area (TPSA) is 133 Å². The van der Waals surface area contributed by atoms with E-state index in [0.717, 1.165) is 0 Å². The van der Waals surface area contributed by atoms with Gasteiger partial charge in [-0.05, 0) is 0 Å². The van der Waals surface area contributed by atoms with Crippen LogP contribution in [0.15, 0.2) is 6.07 Å². The highest BCUT2D eigenvalue weighted by atomic mass is 19.1. The Morgan fingerprint density at radius 3 is 2.14 bits per heavy atom. The molecular weight excluding hydrogens is 197 g/mol. The van der Waals surface area contributed by atoms with Gasteiger partial charge in [0.25, 0.3) is 0 Å². The van der Waals surface area contributed by atoms with Crippen LogP contribution in [-0.2, 0) is 0 Å². The van der Waals surface area contributed by atoms with Gasteiger partial charge >= 0.3 is 5.97 Å². The number of aromatic hydroxyl groups is 3. The van der Waals surface area contributed by atoms with Crippen molar-refractivity contribution in [2.45, 2.75) is 0 Å². The lowest BCUT2D eigenvalue weighted by molar-refractivity contribution is 0.0690. The van der Waals surface area contributed by atoms with Crippen LogP contribution in [0.25, 0.3) is 0 Å². The van der Waals surface area contributed by atoms with E-state index in [0.29, 0.717) is 6.07 Å². The van der Waals surface area contributed by atoms with Crippen LogP contribution in [0.4, 0.5) is 4.39 Å². The third-order valence-electron chi connectivity index (χ3n) is 1.42. The molecule has 7 heteroatoms. The second-order valence-corrected chi connectivity index (χ2v) is 2.26. The number of carboxylic acids is 1. The fourth-order valence-corrected chi connectivity index (χ4v) is 0.777. The van der Waals surface area contributed by atoms with Gasteiger partial charge < -0.3 is 26.6 Å². The Labute approximate surface area is 77.4 Å². The summed E-state index contributed by atoms with van der Waals surface area (Å²) in [4.78, 5) is 10.3. The molecule has 14 heavy (non-hydrogen) atoms. The molecule has 0 aliphatic rings. The van der Waals surface area contributed by atoms with Gasteiger partial charge in [-0.3, -0.25) is 0 Å². The Kier molecular flexibility index (Phi) is 3.25. The van der Waals surface area contributed by atoms with E-state index < -0.39 is 34.6 Å². The molecule has 0 unspecified atom stereocenters. The lowest BCUT2D eigenvalue weighted by Gasteiger charge is -2.04. The van der Waals surface area contributed by atoms with Crippen molar-refractivity contribution in [3.05, 3.63) is 17.4 Å². The van der Waals surface area contributed by atoms with Gasteiger partial charge in [-0.2, -0.15) is 0 Å². The molecule has 0 saturated carbocycles. The van der Waals surface area contributed by atoms with Crippen LogP contribution in [0.5, 0.6) is 17.2 Å². The van der Waals surface area contributed by atoms with Crippen molar-refractivity contribution in [2.24, 2.45) is 0 Å². The van der Waals surface area contributed by atoms with Crippen molar-refractivity contribution < 1.29 is 29.6 Å². The molecule has 0 radical (unpaired) electrons. The van der Waals surface area contributed by atoms with E-state index in [-0.39, 0.29) is 6.15 Å². The maximum Gasteiger partial charge on any atom is 0.338 e. The van der Waals surface area contributed by atoms with Gasteiger partial charge in [-0.25, -0.2) is 9.18 Å². The quantitative estimate of drug-likeness (QED) is 0.430. The minimum atomic E-state index is -1.65. The monoisotopic (exact) mass is 205 g/mol. The summed E-state index contributed by atoms with van der Waals surface area (Å²) in [6, 6.07) is 0.507. The highest BCUT2D eigenvalue weighted by Gasteiger charge is 2.20. The first kappa shape index (κ1) is 12.0. The molecule has 6 nitrogen and oxygen atoms in total. The Morgan fingerprint density at radius 1 is 1.21 bits per heavy atom. The van der Waals surface area contributed by atoms with Crippen LogP contribution in [0.3, 0.4) is 0 Å². The van der Waals surface area contributed by atoms with Crippen molar-refractivity contribution in [3.8, 4) is 17.2 Å². The SMILES string of the molecule is N.O=C(O)c1cc(O)c(O)c(O)c1F. The first-order chi connectivity index (χ1) is 5.95. The normalized spacial score (nSPS) is 9.21. The summed E-state index contributed by atoms with van der Waals surface area (Å²) in [5, 5.41) is 34.7. The molecule has 0 aliphatic heterocycles. The third kappa shape index (κ3) is 1.67. The zero-order chi connectivity index (χ0) is 10.2. The Balaban J connectivity index is 0.00000169. The van der Waals surface area contributed by atoms with Gasteiger partial charge in [0, 0.05) is 6.07 Å². The number of benzene rings is 1. The molecule has 0 amide bonds. The van der Waals surface area contributed by atoms with E-state index in [1.54, 1.807) is 0 Å². The molecule has 0 heterocycles. The Bertz CT molecular complexity index is 379. The number of carboxylic acid groups (broad SMARTS) is 1. The fraction of sp³-hybridized carbons (Fsp3) is 0. The fourth-order valence-electron chi connectivity index (χ4n) is 0.777. The molecule has 0 spiro atoms. The minimum Gasteiger partial charge on any atom is -0.504 e. The van der Waals surface area contributed by atoms with Crippen LogP contribution < -0.4 is 6.15 Å². The standard InChI is InChI=1S/C7H5FO5.H3N/c8-4-2(7(12)13)1-3(9)5(10)6(4)11;/h1,9-11H,(H,12,13);1H3. The second-order valence-electron chi connectivity index (χ2n) is 2.26. The summed E-state index contributed by atoms with van der Waals surface area (Å²) in [5.74, 6) is -6.39. The molecule has 7 N–H and O–H groups in total. The van der Waals surface area contributed by atoms with Gasteiger partial charge in [0.1, 0.15) is 5.56 Å². The number of halogens is 1. The van der Waals surface area contributed by atoms with Crippen molar-refractivity contribution in [3.63, 3.8) is 0 Å². The summed E-state index contributed by atoms with van der Waals surface area (Å²) >= 11 is 0. The van der Waals surface area contributed by atoms with Gasteiger partial charge in [0.15, 0.2) is 17.3 Å². The van der Waals surface area contributed by atoms with Gasteiger partial charge in [0.2, 0.25) is 5.75 Å².